The van der Waals surface area contributed by atoms with Gasteiger partial charge in [0.1, 0.15) is 18.0 Å². The molecular weight excluding hydrogens is 406 g/mol. The minimum absolute atomic E-state index is 0.0394. The van der Waals surface area contributed by atoms with Crippen LogP contribution in [0.4, 0.5) is 0 Å². The predicted octanol–water partition coefficient (Wildman–Crippen LogP) is 3.25. The van der Waals surface area contributed by atoms with Crippen molar-refractivity contribution in [2.45, 2.75) is 44.3 Å². The predicted molar refractivity (Wildman–Crippen MR) is 113 cm³/mol. The monoisotopic (exact) mass is 431 g/mol. The number of hydrogen-bond acceptors (Lipinski definition) is 6. The van der Waals surface area contributed by atoms with Gasteiger partial charge < -0.3 is 19.9 Å². The van der Waals surface area contributed by atoms with Gasteiger partial charge in [0.05, 0.1) is 17.9 Å². The summed E-state index contributed by atoms with van der Waals surface area (Å²) in [7, 11) is 0. The van der Waals surface area contributed by atoms with Crippen LogP contribution in [-0.4, -0.2) is 52.4 Å². The quantitative estimate of drug-likeness (QED) is 0.666. The van der Waals surface area contributed by atoms with E-state index in [1.807, 2.05) is 12.1 Å². The fraction of sp³-hybridized carbons (Fsp3) is 0.500. The molecule has 0 radical (unpaired) electrons. The lowest BCUT2D eigenvalue weighted by molar-refractivity contribution is 0.0353. The average Bonchev–Trinajstić information content (AvgIpc) is 3.49. The van der Waals surface area contributed by atoms with Crippen molar-refractivity contribution in [1.82, 2.24) is 15.3 Å². The molecule has 0 spiro atoms. The molecule has 2 heterocycles. The fourth-order valence-electron chi connectivity index (χ4n) is 3.54. The Morgan fingerprint density at radius 1 is 1.33 bits per heavy atom. The van der Waals surface area contributed by atoms with Crippen LogP contribution in [0.15, 0.2) is 30.5 Å². The molecule has 1 aromatic heterocycles. The van der Waals surface area contributed by atoms with Crippen LogP contribution in [0, 0.1) is 5.92 Å². The van der Waals surface area contributed by atoms with E-state index in [0.29, 0.717) is 23.2 Å². The Kier molecular flexibility index (Phi) is 6.22. The van der Waals surface area contributed by atoms with Crippen molar-refractivity contribution in [2.75, 3.05) is 19.8 Å². The van der Waals surface area contributed by atoms with Gasteiger partial charge in [0, 0.05) is 23.7 Å². The van der Waals surface area contributed by atoms with E-state index >= 15 is 0 Å². The summed E-state index contributed by atoms with van der Waals surface area (Å²) in [6, 6.07) is 7.12. The molecule has 2 fully saturated rings. The second kappa shape index (κ2) is 8.88. The van der Waals surface area contributed by atoms with Crippen LogP contribution in [-0.2, 0) is 4.74 Å². The van der Waals surface area contributed by atoms with Crippen molar-refractivity contribution in [3.63, 3.8) is 0 Å². The smallest absolute Gasteiger partial charge is 0.271 e. The molecule has 1 aliphatic heterocycles. The SMILES string of the molecule is C[C@](O)(CNC(=O)c1cnc(OC[C@@H]2CCCO2)c(-c2ccc(Cl)cc2)n1)C1CC1. The largest absolute Gasteiger partial charge is 0.473 e. The third kappa shape index (κ3) is 5.09. The summed E-state index contributed by atoms with van der Waals surface area (Å²) in [5, 5.41) is 13.8. The summed E-state index contributed by atoms with van der Waals surface area (Å²) in [4.78, 5) is 21.5. The molecule has 0 unspecified atom stereocenters. The Labute approximate surface area is 180 Å². The maximum Gasteiger partial charge on any atom is 0.271 e. The second-order valence-corrected chi connectivity index (χ2v) is 8.61. The van der Waals surface area contributed by atoms with E-state index in [1.54, 1.807) is 19.1 Å². The lowest BCUT2D eigenvalue weighted by Crippen LogP contribution is -2.42. The standard InChI is InChI=1S/C22H26ClN3O4/c1-22(28,15-6-7-15)13-25-20(27)18-11-24-21(30-12-17-3-2-10-29-17)19(26-18)14-4-8-16(23)9-5-14/h4-5,8-9,11,15,17,28H,2-3,6-7,10,12-13H2,1H3,(H,25,27)/t17-,22-/m0/s1. The Morgan fingerprint density at radius 3 is 2.77 bits per heavy atom. The highest BCUT2D eigenvalue weighted by atomic mass is 35.5. The van der Waals surface area contributed by atoms with Gasteiger partial charge in [0.25, 0.3) is 5.91 Å². The van der Waals surface area contributed by atoms with Crippen LogP contribution in [0.2, 0.25) is 5.02 Å². The van der Waals surface area contributed by atoms with Crippen molar-refractivity contribution >= 4 is 17.5 Å². The third-order valence-electron chi connectivity index (χ3n) is 5.58. The van der Waals surface area contributed by atoms with Crippen LogP contribution in [0.5, 0.6) is 5.88 Å². The summed E-state index contributed by atoms with van der Waals surface area (Å²) in [5.41, 5.74) is 0.461. The third-order valence-corrected chi connectivity index (χ3v) is 5.83. The Hall–Kier alpha value is -2.22. The highest BCUT2D eigenvalue weighted by Gasteiger charge is 2.40. The number of aromatic nitrogens is 2. The van der Waals surface area contributed by atoms with Crippen molar-refractivity contribution < 1.29 is 19.4 Å². The van der Waals surface area contributed by atoms with E-state index < -0.39 is 5.60 Å². The van der Waals surface area contributed by atoms with Crippen LogP contribution in [0.1, 0.15) is 43.1 Å². The van der Waals surface area contributed by atoms with Gasteiger partial charge in [-0.05, 0) is 50.7 Å². The molecule has 0 bridgehead atoms. The molecule has 1 aliphatic carbocycles. The normalized spacial score (nSPS) is 20.6. The number of carbonyl (C=O) groups is 1. The van der Waals surface area contributed by atoms with Crippen LogP contribution >= 0.6 is 11.6 Å². The number of carbonyl (C=O) groups excluding carboxylic acids is 1. The number of aliphatic hydroxyl groups is 1. The fourth-order valence-corrected chi connectivity index (χ4v) is 3.66. The van der Waals surface area contributed by atoms with Gasteiger partial charge in [-0.25, -0.2) is 9.97 Å². The number of halogens is 1. The number of amides is 1. The number of ether oxygens (including phenoxy) is 2. The first kappa shape index (κ1) is 21.0. The van der Waals surface area contributed by atoms with Crippen molar-refractivity contribution in [1.29, 1.82) is 0 Å². The second-order valence-electron chi connectivity index (χ2n) is 8.18. The van der Waals surface area contributed by atoms with E-state index in [4.69, 9.17) is 21.1 Å². The highest BCUT2D eigenvalue weighted by molar-refractivity contribution is 6.30. The Balaban J connectivity index is 1.53. The van der Waals surface area contributed by atoms with Gasteiger partial charge in [-0.3, -0.25) is 4.79 Å². The Bertz CT molecular complexity index is 894. The van der Waals surface area contributed by atoms with Crippen molar-refractivity contribution in [3.05, 3.63) is 41.2 Å². The number of benzene rings is 1. The molecule has 1 aromatic carbocycles. The van der Waals surface area contributed by atoms with E-state index in [-0.39, 0.29) is 30.2 Å². The van der Waals surface area contributed by atoms with Crippen molar-refractivity contribution in [2.24, 2.45) is 5.92 Å². The van der Waals surface area contributed by atoms with Gasteiger partial charge in [-0.1, -0.05) is 23.7 Å². The van der Waals surface area contributed by atoms with Gasteiger partial charge in [-0.2, -0.15) is 0 Å². The number of nitrogens with zero attached hydrogens (tertiary/aromatic N) is 2. The number of nitrogens with one attached hydrogen (secondary N) is 1. The molecular formula is C22H26ClN3O4. The summed E-state index contributed by atoms with van der Waals surface area (Å²) in [5.74, 6) is 0.195. The summed E-state index contributed by atoms with van der Waals surface area (Å²) in [6.07, 6.45) is 5.38. The lowest BCUT2D eigenvalue weighted by Gasteiger charge is -2.23. The van der Waals surface area contributed by atoms with Gasteiger partial charge >= 0.3 is 0 Å². The van der Waals surface area contributed by atoms with Gasteiger partial charge in [-0.15, -0.1) is 0 Å². The lowest BCUT2D eigenvalue weighted by atomic mass is 10.0. The van der Waals surface area contributed by atoms with Crippen LogP contribution < -0.4 is 10.1 Å². The van der Waals surface area contributed by atoms with Crippen LogP contribution in [0.3, 0.4) is 0 Å². The summed E-state index contributed by atoms with van der Waals surface area (Å²) < 4.78 is 11.5. The topological polar surface area (TPSA) is 93.6 Å². The number of rotatable bonds is 8. The summed E-state index contributed by atoms with van der Waals surface area (Å²) in [6.45, 7) is 3.04. The molecule has 1 amide bonds. The van der Waals surface area contributed by atoms with Crippen molar-refractivity contribution in [3.8, 4) is 17.1 Å². The number of hydrogen-bond donors (Lipinski definition) is 2. The molecule has 30 heavy (non-hydrogen) atoms. The maximum absolute atomic E-state index is 12.6. The molecule has 4 rings (SSSR count). The first-order valence-electron chi connectivity index (χ1n) is 10.3. The molecule has 8 heteroatoms. The Morgan fingerprint density at radius 2 is 2.10 bits per heavy atom. The van der Waals surface area contributed by atoms with E-state index in [0.717, 1.165) is 37.9 Å². The summed E-state index contributed by atoms with van der Waals surface area (Å²) >= 11 is 6.01. The van der Waals surface area contributed by atoms with Gasteiger partial charge in [0.15, 0.2) is 0 Å². The maximum atomic E-state index is 12.6. The highest BCUT2D eigenvalue weighted by Crippen LogP contribution is 2.39. The minimum Gasteiger partial charge on any atom is -0.473 e. The first-order chi connectivity index (χ1) is 14.4. The van der Waals surface area contributed by atoms with Gasteiger partial charge in [0.2, 0.25) is 5.88 Å². The molecule has 1 saturated heterocycles. The van der Waals surface area contributed by atoms with Crippen LogP contribution in [0.25, 0.3) is 11.3 Å². The minimum atomic E-state index is -0.910. The average molecular weight is 432 g/mol. The molecule has 7 nitrogen and oxygen atoms in total. The van der Waals surface area contributed by atoms with E-state index in [9.17, 15) is 9.90 Å². The molecule has 2 atom stereocenters. The molecule has 2 aliphatic rings. The molecule has 1 saturated carbocycles. The van der Waals surface area contributed by atoms with E-state index in [1.165, 1.54) is 6.20 Å². The molecule has 160 valence electrons. The molecule has 2 N–H and O–H groups in total. The van der Waals surface area contributed by atoms with E-state index in [2.05, 4.69) is 15.3 Å². The zero-order valence-electron chi connectivity index (χ0n) is 16.9. The molecule has 2 aromatic rings. The first-order valence-corrected chi connectivity index (χ1v) is 10.7. The zero-order chi connectivity index (χ0) is 21.1. The zero-order valence-corrected chi connectivity index (χ0v) is 17.7.